The summed E-state index contributed by atoms with van der Waals surface area (Å²) in [5.74, 6) is 0. The quantitative estimate of drug-likeness (QED) is 0.598. The van der Waals surface area contributed by atoms with Crippen LogP contribution in [0.15, 0.2) is 0 Å². The van der Waals surface area contributed by atoms with Crippen molar-refractivity contribution in [2.24, 2.45) is 5.41 Å². The number of aliphatic hydroxyl groups is 1. The first-order valence-corrected chi connectivity index (χ1v) is 4.73. The molecule has 0 rings (SSSR count). The number of hydrogen-bond donors (Lipinski definition) is 1. The van der Waals surface area contributed by atoms with Gasteiger partial charge in [0.1, 0.15) is 6.29 Å². The number of carbonyl (C=O) groups is 1. The van der Waals surface area contributed by atoms with Crippen molar-refractivity contribution in [3.05, 3.63) is 0 Å². The zero-order valence-electron chi connectivity index (χ0n) is 9.49. The van der Waals surface area contributed by atoms with Gasteiger partial charge in [-0.25, -0.2) is 0 Å². The first-order valence-electron chi connectivity index (χ1n) is 4.73. The van der Waals surface area contributed by atoms with E-state index < -0.39 is 6.10 Å². The van der Waals surface area contributed by atoms with E-state index in [0.29, 0.717) is 19.7 Å². The molecule has 0 aromatic heterocycles. The molecule has 0 bridgehead atoms. The average molecular weight is 203 g/mol. The fourth-order valence-corrected chi connectivity index (χ4v) is 1.40. The predicted octanol–water partition coefficient (Wildman–Crippen LogP) is 0.151. The molecule has 84 valence electrons. The number of methoxy groups -OCH3 is 1. The first kappa shape index (κ1) is 13.5. The van der Waals surface area contributed by atoms with Gasteiger partial charge >= 0.3 is 0 Å². The fourth-order valence-electron chi connectivity index (χ4n) is 1.40. The Labute approximate surface area is 85.9 Å². The van der Waals surface area contributed by atoms with Crippen molar-refractivity contribution < 1.29 is 14.6 Å². The van der Waals surface area contributed by atoms with Crippen LogP contribution in [0, 0.1) is 5.41 Å². The van der Waals surface area contributed by atoms with Gasteiger partial charge in [0.15, 0.2) is 0 Å². The summed E-state index contributed by atoms with van der Waals surface area (Å²) in [7, 11) is 3.43. The second-order valence-corrected chi connectivity index (χ2v) is 4.41. The van der Waals surface area contributed by atoms with Crippen LogP contribution >= 0.6 is 0 Å². The molecule has 0 amide bonds. The van der Waals surface area contributed by atoms with Crippen LogP contribution < -0.4 is 0 Å². The maximum atomic E-state index is 10.7. The van der Waals surface area contributed by atoms with E-state index >= 15 is 0 Å². The average Bonchev–Trinajstić information content (AvgIpc) is 2.03. The third kappa shape index (κ3) is 6.07. The van der Waals surface area contributed by atoms with Gasteiger partial charge in [0.05, 0.1) is 12.7 Å². The van der Waals surface area contributed by atoms with Crippen molar-refractivity contribution in [1.29, 1.82) is 0 Å². The Morgan fingerprint density at radius 1 is 1.57 bits per heavy atom. The Morgan fingerprint density at radius 2 is 2.14 bits per heavy atom. The minimum atomic E-state index is -0.493. The van der Waals surface area contributed by atoms with Crippen LogP contribution in [0.3, 0.4) is 0 Å². The van der Waals surface area contributed by atoms with E-state index in [-0.39, 0.29) is 5.41 Å². The van der Waals surface area contributed by atoms with E-state index in [0.717, 1.165) is 6.29 Å². The van der Waals surface area contributed by atoms with Gasteiger partial charge in [0.2, 0.25) is 0 Å². The Hall–Kier alpha value is -0.450. The lowest BCUT2D eigenvalue weighted by molar-refractivity contribution is -0.115. The fraction of sp³-hybridized carbons (Fsp3) is 0.900. The Balaban J connectivity index is 3.85. The third-order valence-electron chi connectivity index (χ3n) is 1.88. The molecule has 1 atom stereocenters. The maximum Gasteiger partial charge on any atom is 0.126 e. The highest BCUT2D eigenvalue weighted by Crippen LogP contribution is 2.12. The van der Waals surface area contributed by atoms with Gasteiger partial charge in [0.25, 0.3) is 0 Å². The van der Waals surface area contributed by atoms with E-state index in [1.165, 1.54) is 0 Å². The number of rotatable bonds is 7. The van der Waals surface area contributed by atoms with E-state index in [1.807, 2.05) is 25.8 Å². The zero-order valence-corrected chi connectivity index (χ0v) is 9.49. The van der Waals surface area contributed by atoms with Crippen molar-refractivity contribution in [2.45, 2.75) is 20.0 Å². The van der Waals surface area contributed by atoms with Gasteiger partial charge < -0.3 is 19.5 Å². The molecule has 1 unspecified atom stereocenters. The molecular formula is C10H21NO3. The summed E-state index contributed by atoms with van der Waals surface area (Å²) in [6, 6.07) is 0. The predicted molar refractivity (Wildman–Crippen MR) is 55.2 cm³/mol. The second-order valence-electron chi connectivity index (χ2n) is 4.41. The van der Waals surface area contributed by atoms with Crippen molar-refractivity contribution in [3.8, 4) is 0 Å². The molecule has 1 N–H and O–H groups in total. The molecule has 14 heavy (non-hydrogen) atoms. The first-order chi connectivity index (χ1) is 6.41. The molecule has 0 aromatic rings. The monoisotopic (exact) mass is 203 g/mol. The van der Waals surface area contributed by atoms with E-state index in [4.69, 9.17) is 4.74 Å². The van der Waals surface area contributed by atoms with Crippen molar-refractivity contribution in [2.75, 3.05) is 33.9 Å². The van der Waals surface area contributed by atoms with Gasteiger partial charge in [-0.1, -0.05) is 13.8 Å². The molecule has 0 spiro atoms. The minimum absolute atomic E-state index is 0.325. The highest BCUT2D eigenvalue weighted by molar-refractivity contribution is 5.58. The molecule has 0 aromatic carbocycles. The van der Waals surface area contributed by atoms with Crippen LogP contribution in [-0.2, 0) is 9.53 Å². The molecule has 4 heteroatoms. The number of carbonyl (C=O) groups excluding carboxylic acids is 1. The normalized spacial score (nSPS) is 14.4. The summed E-state index contributed by atoms with van der Waals surface area (Å²) < 4.78 is 4.81. The molecule has 0 aliphatic rings. The van der Waals surface area contributed by atoms with Gasteiger partial charge in [0, 0.05) is 25.6 Å². The lowest BCUT2D eigenvalue weighted by Crippen LogP contribution is -2.38. The summed E-state index contributed by atoms with van der Waals surface area (Å²) in [4.78, 5) is 12.6. The Morgan fingerprint density at radius 3 is 2.57 bits per heavy atom. The number of aliphatic hydroxyl groups excluding tert-OH is 1. The molecule has 0 aliphatic heterocycles. The Kier molecular flexibility index (Phi) is 5.92. The summed E-state index contributed by atoms with van der Waals surface area (Å²) in [6.45, 7) is 5.23. The zero-order chi connectivity index (χ0) is 11.2. The van der Waals surface area contributed by atoms with Crippen LogP contribution in [-0.4, -0.2) is 56.3 Å². The highest BCUT2D eigenvalue weighted by Gasteiger charge is 2.20. The number of ether oxygens (including phenoxy) is 1. The number of hydrogen-bond acceptors (Lipinski definition) is 4. The number of nitrogens with zero attached hydrogens (tertiary/aromatic N) is 1. The third-order valence-corrected chi connectivity index (χ3v) is 1.88. The minimum Gasteiger partial charge on any atom is -0.389 e. The lowest BCUT2D eigenvalue weighted by Gasteiger charge is -2.26. The standard InChI is InChI=1S/C10H21NO3/c1-10(2,8-12)7-11(3)5-9(13)6-14-4/h8-9,13H,5-7H2,1-4H3. The maximum absolute atomic E-state index is 10.7. The summed E-state index contributed by atoms with van der Waals surface area (Å²) in [5, 5.41) is 9.43. The summed E-state index contributed by atoms with van der Waals surface area (Å²) in [5.41, 5.74) is -0.360. The molecule has 0 saturated heterocycles. The van der Waals surface area contributed by atoms with Gasteiger partial charge in [-0.05, 0) is 7.05 Å². The van der Waals surface area contributed by atoms with Crippen molar-refractivity contribution in [1.82, 2.24) is 4.90 Å². The molecule has 0 radical (unpaired) electrons. The molecular weight excluding hydrogens is 182 g/mol. The van der Waals surface area contributed by atoms with E-state index in [9.17, 15) is 9.90 Å². The Bertz CT molecular complexity index is 171. The highest BCUT2D eigenvalue weighted by atomic mass is 16.5. The van der Waals surface area contributed by atoms with Crippen molar-refractivity contribution >= 4 is 6.29 Å². The molecule has 0 aliphatic carbocycles. The number of aldehydes is 1. The molecule has 0 heterocycles. The van der Waals surface area contributed by atoms with Crippen LogP contribution in [0.25, 0.3) is 0 Å². The van der Waals surface area contributed by atoms with Crippen LogP contribution in [0.4, 0.5) is 0 Å². The molecule has 4 nitrogen and oxygen atoms in total. The van der Waals surface area contributed by atoms with E-state index in [2.05, 4.69) is 0 Å². The van der Waals surface area contributed by atoms with Crippen LogP contribution in [0.2, 0.25) is 0 Å². The summed E-state index contributed by atoms with van der Waals surface area (Å²) >= 11 is 0. The summed E-state index contributed by atoms with van der Waals surface area (Å²) in [6.07, 6.45) is 0.444. The molecule has 0 saturated carbocycles. The van der Waals surface area contributed by atoms with E-state index in [1.54, 1.807) is 7.11 Å². The topological polar surface area (TPSA) is 49.8 Å². The SMILES string of the molecule is COCC(O)CN(C)CC(C)(C)C=O. The molecule has 0 fully saturated rings. The van der Waals surface area contributed by atoms with Crippen LogP contribution in [0.1, 0.15) is 13.8 Å². The smallest absolute Gasteiger partial charge is 0.126 e. The van der Waals surface area contributed by atoms with Gasteiger partial charge in [-0.3, -0.25) is 0 Å². The van der Waals surface area contributed by atoms with Gasteiger partial charge in [-0.2, -0.15) is 0 Å². The van der Waals surface area contributed by atoms with Crippen molar-refractivity contribution in [3.63, 3.8) is 0 Å². The second kappa shape index (κ2) is 6.11. The lowest BCUT2D eigenvalue weighted by atomic mass is 9.95. The van der Waals surface area contributed by atoms with Gasteiger partial charge in [-0.15, -0.1) is 0 Å². The van der Waals surface area contributed by atoms with Crippen LogP contribution in [0.5, 0.6) is 0 Å². The largest absolute Gasteiger partial charge is 0.389 e. The number of likely N-dealkylation sites (N-methyl/N-ethyl adjacent to an activating group) is 1.